The van der Waals surface area contributed by atoms with Gasteiger partial charge in [0.15, 0.2) is 16.4 Å². The van der Waals surface area contributed by atoms with Gasteiger partial charge in [-0.3, -0.25) is 10.1 Å². The number of benzene rings is 1. The van der Waals surface area contributed by atoms with E-state index in [0.29, 0.717) is 5.56 Å². The van der Waals surface area contributed by atoms with Gasteiger partial charge in [0.2, 0.25) is 0 Å². The Hall–Kier alpha value is -2.42. The molecule has 0 aliphatic rings. The quantitative estimate of drug-likeness (QED) is 0.787. The molecule has 9 heteroatoms. The summed E-state index contributed by atoms with van der Waals surface area (Å²) in [7, 11) is -3.48. The summed E-state index contributed by atoms with van der Waals surface area (Å²) < 4.78 is 32.3. The van der Waals surface area contributed by atoms with Crippen molar-refractivity contribution in [3.63, 3.8) is 0 Å². The highest BCUT2D eigenvalue weighted by Crippen LogP contribution is 2.16. The van der Waals surface area contributed by atoms with E-state index < -0.39 is 34.4 Å². The van der Waals surface area contributed by atoms with Crippen LogP contribution in [0.4, 0.5) is 4.79 Å². The van der Waals surface area contributed by atoms with Gasteiger partial charge in [-0.25, -0.2) is 18.0 Å². The molecule has 0 heterocycles. The topological polar surface area (TPSA) is 116 Å². The number of rotatable bonds is 5. The predicted octanol–water partition coefficient (Wildman–Crippen LogP) is 0.828. The molecule has 0 atom stereocenters. The smallest absolute Gasteiger partial charge is 0.413 e. The molecule has 8 nitrogen and oxygen atoms in total. The first kappa shape index (κ1) is 18.6. The maximum Gasteiger partial charge on any atom is 0.413 e. The minimum atomic E-state index is -3.48. The lowest BCUT2D eigenvalue weighted by molar-refractivity contribution is -0.123. The molecular weight excluding hydrogens is 326 g/mol. The van der Waals surface area contributed by atoms with Gasteiger partial charge >= 0.3 is 12.1 Å². The van der Waals surface area contributed by atoms with Crippen molar-refractivity contribution >= 4 is 27.8 Å². The molecule has 0 saturated carbocycles. The maximum atomic E-state index is 11.9. The second-order valence-electron chi connectivity index (χ2n) is 4.59. The van der Waals surface area contributed by atoms with Gasteiger partial charge in [-0.05, 0) is 31.5 Å². The summed E-state index contributed by atoms with van der Waals surface area (Å²) >= 11 is 0. The van der Waals surface area contributed by atoms with Crippen LogP contribution in [-0.4, -0.2) is 45.9 Å². The van der Waals surface area contributed by atoms with Crippen molar-refractivity contribution in [1.82, 2.24) is 5.32 Å². The zero-order valence-corrected chi connectivity index (χ0v) is 13.7. The second kappa shape index (κ2) is 7.73. The number of amides is 2. The summed E-state index contributed by atoms with van der Waals surface area (Å²) in [5.41, 5.74) is 0.519. The SMILES string of the molecule is CCOC(=O)NC(=O)COC(=O)c1cc(S(C)(=O)=O)ccc1C. The van der Waals surface area contributed by atoms with E-state index in [0.717, 1.165) is 6.26 Å². The van der Waals surface area contributed by atoms with Crippen LogP contribution in [0.3, 0.4) is 0 Å². The Morgan fingerprint density at radius 2 is 1.83 bits per heavy atom. The van der Waals surface area contributed by atoms with Crippen LogP contribution in [0.15, 0.2) is 23.1 Å². The third-order valence-corrected chi connectivity index (χ3v) is 3.82. The molecule has 1 aromatic carbocycles. The number of alkyl carbamates (subject to hydrolysis) is 1. The van der Waals surface area contributed by atoms with Gasteiger partial charge in [0, 0.05) is 6.26 Å². The molecule has 0 unspecified atom stereocenters. The van der Waals surface area contributed by atoms with Gasteiger partial charge < -0.3 is 9.47 Å². The van der Waals surface area contributed by atoms with E-state index in [1.54, 1.807) is 13.8 Å². The van der Waals surface area contributed by atoms with Gasteiger partial charge in [0.25, 0.3) is 5.91 Å². The lowest BCUT2D eigenvalue weighted by Gasteiger charge is -2.09. The molecule has 1 rings (SSSR count). The molecule has 0 bridgehead atoms. The van der Waals surface area contributed by atoms with Crippen molar-refractivity contribution < 1.29 is 32.3 Å². The lowest BCUT2D eigenvalue weighted by atomic mass is 10.1. The maximum absolute atomic E-state index is 11.9. The highest BCUT2D eigenvalue weighted by molar-refractivity contribution is 7.90. The van der Waals surface area contributed by atoms with E-state index >= 15 is 0 Å². The predicted molar refractivity (Wildman–Crippen MR) is 79.7 cm³/mol. The van der Waals surface area contributed by atoms with E-state index in [1.807, 2.05) is 5.32 Å². The highest BCUT2D eigenvalue weighted by Gasteiger charge is 2.17. The molecule has 23 heavy (non-hydrogen) atoms. The van der Waals surface area contributed by atoms with Crippen molar-refractivity contribution in [2.75, 3.05) is 19.5 Å². The molecule has 1 N–H and O–H groups in total. The van der Waals surface area contributed by atoms with E-state index in [4.69, 9.17) is 4.74 Å². The third-order valence-electron chi connectivity index (χ3n) is 2.71. The third kappa shape index (κ3) is 5.70. The molecule has 0 saturated heterocycles. The Kier molecular flexibility index (Phi) is 6.26. The lowest BCUT2D eigenvalue weighted by Crippen LogP contribution is -2.34. The number of aryl methyl sites for hydroxylation is 1. The molecule has 126 valence electrons. The van der Waals surface area contributed by atoms with Crippen molar-refractivity contribution in [2.24, 2.45) is 0 Å². The number of sulfone groups is 1. The average Bonchev–Trinajstić information content (AvgIpc) is 2.44. The summed E-state index contributed by atoms with van der Waals surface area (Å²) in [6.07, 6.45) is 0.0725. The highest BCUT2D eigenvalue weighted by atomic mass is 32.2. The average molecular weight is 343 g/mol. The fourth-order valence-corrected chi connectivity index (χ4v) is 2.22. The first-order chi connectivity index (χ1) is 10.6. The van der Waals surface area contributed by atoms with E-state index in [-0.39, 0.29) is 17.1 Å². The Bertz CT molecular complexity index is 725. The number of hydrogen-bond donors (Lipinski definition) is 1. The monoisotopic (exact) mass is 343 g/mol. The van der Waals surface area contributed by atoms with Crippen LogP contribution in [0, 0.1) is 6.92 Å². The van der Waals surface area contributed by atoms with Crippen LogP contribution in [0.1, 0.15) is 22.8 Å². The molecule has 0 fully saturated rings. The Balaban J connectivity index is 2.75. The number of carbonyl (C=O) groups is 3. The Morgan fingerprint density at radius 1 is 1.17 bits per heavy atom. The minimum Gasteiger partial charge on any atom is -0.452 e. The molecule has 1 aromatic rings. The van der Waals surface area contributed by atoms with Gasteiger partial charge in [-0.1, -0.05) is 6.07 Å². The standard InChI is InChI=1S/C14H17NO7S/c1-4-21-14(18)15-12(16)8-22-13(17)11-7-10(23(3,19)20)6-5-9(11)2/h5-7H,4,8H2,1-3H3,(H,15,16,18). The van der Waals surface area contributed by atoms with Crippen LogP contribution >= 0.6 is 0 Å². The summed E-state index contributed by atoms with van der Waals surface area (Å²) in [5, 5.41) is 1.86. The molecule has 0 aromatic heterocycles. The number of nitrogens with one attached hydrogen (secondary N) is 1. The van der Waals surface area contributed by atoms with E-state index in [9.17, 15) is 22.8 Å². The number of carbonyl (C=O) groups excluding carboxylic acids is 3. The van der Waals surface area contributed by atoms with Crippen LogP contribution in [0.5, 0.6) is 0 Å². The molecule has 0 spiro atoms. The second-order valence-corrected chi connectivity index (χ2v) is 6.61. The zero-order chi connectivity index (χ0) is 17.6. The minimum absolute atomic E-state index is 0.0249. The molecular formula is C14H17NO7S. The summed E-state index contributed by atoms with van der Waals surface area (Å²) in [5.74, 6) is -1.72. The Labute approximate surface area is 133 Å². The summed E-state index contributed by atoms with van der Waals surface area (Å²) in [6.45, 7) is 2.57. The zero-order valence-electron chi connectivity index (χ0n) is 12.9. The Morgan fingerprint density at radius 3 is 2.39 bits per heavy atom. The van der Waals surface area contributed by atoms with Crippen LogP contribution in [0.2, 0.25) is 0 Å². The fourth-order valence-electron chi connectivity index (χ4n) is 1.58. The van der Waals surface area contributed by atoms with Crippen molar-refractivity contribution in [3.8, 4) is 0 Å². The number of esters is 1. The number of imide groups is 1. The normalized spacial score (nSPS) is 10.7. The van der Waals surface area contributed by atoms with E-state index in [2.05, 4.69) is 4.74 Å². The summed E-state index contributed by atoms with van der Waals surface area (Å²) in [4.78, 5) is 34.3. The van der Waals surface area contributed by atoms with E-state index in [1.165, 1.54) is 18.2 Å². The van der Waals surface area contributed by atoms with Crippen LogP contribution < -0.4 is 5.32 Å². The van der Waals surface area contributed by atoms with Crippen LogP contribution in [0.25, 0.3) is 0 Å². The first-order valence-electron chi connectivity index (χ1n) is 6.59. The molecule has 0 radical (unpaired) electrons. The van der Waals surface area contributed by atoms with Gasteiger partial charge in [0.1, 0.15) is 0 Å². The van der Waals surface area contributed by atoms with Gasteiger partial charge in [-0.2, -0.15) is 0 Å². The van der Waals surface area contributed by atoms with Crippen molar-refractivity contribution in [1.29, 1.82) is 0 Å². The fraction of sp³-hybridized carbons (Fsp3) is 0.357. The van der Waals surface area contributed by atoms with Crippen molar-refractivity contribution in [3.05, 3.63) is 29.3 Å². The number of hydrogen-bond acceptors (Lipinski definition) is 7. The molecule has 2 amide bonds. The summed E-state index contributed by atoms with van der Waals surface area (Å²) in [6, 6.07) is 4.01. The number of ether oxygens (including phenoxy) is 2. The van der Waals surface area contributed by atoms with Gasteiger partial charge in [-0.15, -0.1) is 0 Å². The molecule has 0 aliphatic carbocycles. The van der Waals surface area contributed by atoms with Crippen molar-refractivity contribution in [2.45, 2.75) is 18.7 Å². The van der Waals surface area contributed by atoms with Crippen LogP contribution in [-0.2, 0) is 24.1 Å². The molecule has 0 aliphatic heterocycles. The van der Waals surface area contributed by atoms with Gasteiger partial charge in [0.05, 0.1) is 17.1 Å². The largest absolute Gasteiger partial charge is 0.452 e. The first-order valence-corrected chi connectivity index (χ1v) is 8.48.